The molecule has 0 saturated carbocycles. The smallest absolute Gasteiger partial charge is 0.191 e. The molecule has 1 fully saturated rings. The van der Waals surface area contributed by atoms with E-state index in [9.17, 15) is 0 Å². The van der Waals surface area contributed by atoms with Crippen LogP contribution in [-0.4, -0.2) is 49.6 Å². The highest BCUT2D eigenvalue weighted by molar-refractivity contribution is 5.80. The number of nitrogens with zero attached hydrogens (tertiary/aromatic N) is 2. The summed E-state index contributed by atoms with van der Waals surface area (Å²) in [6, 6.07) is 0.455. The third kappa shape index (κ3) is 8.62. The van der Waals surface area contributed by atoms with Crippen molar-refractivity contribution in [3.8, 4) is 0 Å². The number of unbranched alkanes of at least 4 members (excludes halogenated alkanes) is 2. The van der Waals surface area contributed by atoms with Crippen LogP contribution in [0.2, 0.25) is 0 Å². The number of hydrogen-bond acceptors (Lipinski definition) is 2. The van der Waals surface area contributed by atoms with Gasteiger partial charge in [0.05, 0.1) is 0 Å². The molecule has 130 valence electrons. The lowest BCUT2D eigenvalue weighted by Crippen LogP contribution is -2.44. The molecule has 1 unspecified atom stereocenters. The highest BCUT2D eigenvalue weighted by Crippen LogP contribution is 2.09. The van der Waals surface area contributed by atoms with Crippen LogP contribution in [0, 0.1) is 5.92 Å². The fourth-order valence-corrected chi connectivity index (χ4v) is 2.70. The summed E-state index contributed by atoms with van der Waals surface area (Å²) in [6.45, 7) is 14.6. The highest BCUT2D eigenvalue weighted by Gasteiger charge is 2.09. The van der Waals surface area contributed by atoms with Crippen LogP contribution < -0.4 is 10.6 Å². The summed E-state index contributed by atoms with van der Waals surface area (Å²) >= 11 is 0. The molecule has 0 radical (unpaired) electrons. The predicted octanol–water partition coefficient (Wildman–Crippen LogP) is 3.24. The molecule has 4 heteroatoms. The van der Waals surface area contributed by atoms with Crippen LogP contribution in [-0.2, 0) is 0 Å². The molecule has 0 bridgehead atoms. The minimum Gasteiger partial charge on any atom is -0.357 e. The lowest BCUT2D eigenvalue weighted by atomic mass is 10.1. The average molecular weight is 311 g/mol. The third-order valence-corrected chi connectivity index (χ3v) is 4.56. The van der Waals surface area contributed by atoms with Crippen molar-refractivity contribution in [3.63, 3.8) is 0 Å². The second kappa shape index (κ2) is 11.8. The van der Waals surface area contributed by atoms with Gasteiger partial charge in [-0.2, -0.15) is 0 Å². The number of guanidine groups is 1. The second-order valence-corrected chi connectivity index (χ2v) is 6.90. The Balaban J connectivity index is 2.14. The number of likely N-dealkylation sites (tertiary alicyclic amines) is 1. The molecule has 1 aliphatic rings. The minimum absolute atomic E-state index is 0.455. The van der Waals surface area contributed by atoms with Gasteiger partial charge in [-0.15, -0.1) is 0 Å². The van der Waals surface area contributed by atoms with Crippen LogP contribution in [0.3, 0.4) is 0 Å². The molecule has 0 aromatic carbocycles. The molecule has 1 heterocycles. The second-order valence-electron chi connectivity index (χ2n) is 6.90. The van der Waals surface area contributed by atoms with E-state index < -0.39 is 0 Å². The Bertz CT molecular complexity index is 295. The predicted molar refractivity (Wildman–Crippen MR) is 97.6 cm³/mol. The van der Waals surface area contributed by atoms with Gasteiger partial charge in [-0.05, 0) is 65.1 Å². The Morgan fingerprint density at radius 1 is 1.05 bits per heavy atom. The normalized spacial score (nSPS) is 18.5. The Hall–Kier alpha value is -0.770. The van der Waals surface area contributed by atoms with E-state index in [-0.39, 0.29) is 0 Å². The molecule has 0 amide bonds. The van der Waals surface area contributed by atoms with Gasteiger partial charge in [-0.25, -0.2) is 0 Å². The summed E-state index contributed by atoms with van der Waals surface area (Å²) in [4.78, 5) is 7.33. The molecule has 0 spiro atoms. The first-order chi connectivity index (χ1) is 10.6. The Morgan fingerprint density at radius 2 is 1.77 bits per heavy atom. The minimum atomic E-state index is 0.455. The maximum Gasteiger partial charge on any atom is 0.191 e. The maximum atomic E-state index is 4.70. The van der Waals surface area contributed by atoms with Gasteiger partial charge in [0.2, 0.25) is 0 Å². The van der Waals surface area contributed by atoms with E-state index in [1.165, 1.54) is 58.2 Å². The summed E-state index contributed by atoms with van der Waals surface area (Å²) in [5, 5.41) is 6.83. The van der Waals surface area contributed by atoms with E-state index in [0.29, 0.717) is 12.0 Å². The third-order valence-electron chi connectivity index (χ3n) is 4.56. The average Bonchev–Trinajstić information content (AvgIpc) is 2.51. The van der Waals surface area contributed by atoms with E-state index in [0.717, 1.165) is 19.0 Å². The summed E-state index contributed by atoms with van der Waals surface area (Å²) in [5.41, 5.74) is 0. The highest BCUT2D eigenvalue weighted by atomic mass is 15.2. The number of nitrogens with one attached hydrogen (secondary N) is 2. The van der Waals surface area contributed by atoms with Crippen molar-refractivity contribution in [2.45, 2.75) is 72.3 Å². The molecule has 1 rings (SSSR count). The first-order valence-corrected chi connectivity index (χ1v) is 9.40. The number of aliphatic imine (C=N–C) groups is 1. The van der Waals surface area contributed by atoms with Gasteiger partial charge < -0.3 is 15.5 Å². The monoisotopic (exact) mass is 310 g/mol. The van der Waals surface area contributed by atoms with E-state index >= 15 is 0 Å². The number of hydrogen-bond donors (Lipinski definition) is 2. The van der Waals surface area contributed by atoms with Crippen molar-refractivity contribution < 1.29 is 0 Å². The first kappa shape index (κ1) is 19.3. The van der Waals surface area contributed by atoms with Crippen LogP contribution in [0.15, 0.2) is 4.99 Å². The molecule has 0 aromatic rings. The van der Waals surface area contributed by atoms with Crippen LogP contribution in [0.1, 0.15) is 66.2 Å². The van der Waals surface area contributed by atoms with Crippen LogP contribution >= 0.6 is 0 Å². The molecular formula is C18H38N4. The maximum absolute atomic E-state index is 4.70. The van der Waals surface area contributed by atoms with Gasteiger partial charge in [0.1, 0.15) is 0 Å². The van der Waals surface area contributed by atoms with E-state index in [2.05, 4.69) is 43.2 Å². The fourth-order valence-electron chi connectivity index (χ4n) is 2.70. The summed E-state index contributed by atoms with van der Waals surface area (Å²) in [5.74, 6) is 1.59. The molecule has 4 nitrogen and oxygen atoms in total. The molecule has 1 atom stereocenters. The summed E-state index contributed by atoms with van der Waals surface area (Å²) in [7, 11) is 0. The van der Waals surface area contributed by atoms with Crippen molar-refractivity contribution in [3.05, 3.63) is 0 Å². The zero-order valence-electron chi connectivity index (χ0n) is 15.3. The molecule has 1 aliphatic heterocycles. The topological polar surface area (TPSA) is 39.7 Å². The molecule has 2 N–H and O–H groups in total. The van der Waals surface area contributed by atoms with Crippen LogP contribution in [0.4, 0.5) is 0 Å². The molecule has 22 heavy (non-hydrogen) atoms. The quantitative estimate of drug-likeness (QED) is 0.390. The first-order valence-electron chi connectivity index (χ1n) is 9.40. The van der Waals surface area contributed by atoms with Gasteiger partial charge in [-0.3, -0.25) is 4.99 Å². The van der Waals surface area contributed by atoms with Crippen molar-refractivity contribution in [2.75, 3.05) is 32.7 Å². The van der Waals surface area contributed by atoms with E-state index in [4.69, 9.17) is 4.99 Å². The molecule has 1 saturated heterocycles. The summed E-state index contributed by atoms with van der Waals surface area (Å²) in [6.07, 6.45) is 8.04. The largest absolute Gasteiger partial charge is 0.357 e. The molecule has 0 aromatic heterocycles. The van der Waals surface area contributed by atoms with Crippen molar-refractivity contribution in [1.82, 2.24) is 15.5 Å². The van der Waals surface area contributed by atoms with Crippen molar-refractivity contribution in [2.24, 2.45) is 10.9 Å². The Kier molecular flexibility index (Phi) is 10.3. The number of rotatable bonds is 9. The Labute approximate surface area is 138 Å². The van der Waals surface area contributed by atoms with Gasteiger partial charge in [-0.1, -0.05) is 26.7 Å². The van der Waals surface area contributed by atoms with Crippen LogP contribution in [0.25, 0.3) is 0 Å². The molecular weight excluding hydrogens is 272 g/mol. The fraction of sp³-hybridized carbons (Fsp3) is 0.944. The Morgan fingerprint density at radius 3 is 2.41 bits per heavy atom. The van der Waals surface area contributed by atoms with Gasteiger partial charge in [0.15, 0.2) is 5.96 Å². The van der Waals surface area contributed by atoms with E-state index in [1.807, 2.05) is 0 Å². The lowest BCUT2D eigenvalue weighted by molar-refractivity contribution is 0.224. The molecule has 0 aliphatic carbocycles. The van der Waals surface area contributed by atoms with Gasteiger partial charge in [0.25, 0.3) is 0 Å². The standard InChI is InChI=1S/C18H38N4/c1-5-19-18(21-17(4)16(2)3)20-12-8-6-9-13-22-14-10-7-11-15-22/h16-17H,5-15H2,1-4H3,(H2,19,20,21). The lowest BCUT2D eigenvalue weighted by Gasteiger charge is -2.26. The van der Waals surface area contributed by atoms with Crippen molar-refractivity contribution in [1.29, 1.82) is 0 Å². The zero-order chi connectivity index (χ0) is 16.2. The van der Waals surface area contributed by atoms with Crippen molar-refractivity contribution >= 4 is 5.96 Å². The van der Waals surface area contributed by atoms with Crippen LogP contribution in [0.5, 0.6) is 0 Å². The number of piperidine rings is 1. The van der Waals surface area contributed by atoms with Gasteiger partial charge in [0, 0.05) is 19.1 Å². The zero-order valence-corrected chi connectivity index (χ0v) is 15.3. The van der Waals surface area contributed by atoms with Gasteiger partial charge >= 0.3 is 0 Å². The summed E-state index contributed by atoms with van der Waals surface area (Å²) < 4.78 is 0. The SMILES string of the molecule is CCNC(=NCCCCCN1CCCCC1)NC(C)C(C)C. The van der Waals surface area contributed by atoms with E-state index in [1.54, 1.807) is 0 Å².